The Bertz CT molecular complexity index is 459. The molecule has 0 aromatic heterocycles. The molecule has 0 amide bonds. The van der Waals surface area contributed by atoms with Gasteiger partial charge in [0, 0.05) is 11.1 Å². The van der Waals surface area contributed by atoms with Crippen LogP contribution in [0.15, 0.2) is 28.7 Å². The van der Waals surface area contributed by atoms with Crippen molar-refractivity contribution in [1.82, 2.24) is 0 Å². The van der Waals surface area contributed by atoms with Gasteiger partial charge in [-0.25, -0.2) is 0 Å². The molecule has 2 unspecified atom stereocenters. The Morgan fingerprint density at radius 1 is 1.53 bits per heavy atom. The fourth-order valence-electron chi connectivity index (χ4n) is 2.26. The average Bonchev–Trinajstić information content (AvgIpc) is 2.79. The van der Waals surface area contributed by atoms with Crippen molar-refractivity contribution in [2.75, 3.05) is 13.2 Å². The van der Waals surface area contributed by atoms with Crippen molar-refractivity contribution < 1.29 is 9.84 Å². The Balaban J connectivity index is 2.49. The van der Waals surface area contributed by atoms with Gasteiger partial charge in [0.15, 0.2) is 0 Å². The average molecular weight is 296 g/mol. The van der Waals surface area contributed by atoms with E-state index < -0.39 is 11.0 Å². The third-order valence-electron chi connectivity index (χ3n) is 3.57. The highest BCUT2D eigenvalue weighted by atomic mass is 79.9. The van der Waals surface area contributed by atoms with Gasteiger partial charge in [0.25, 0.3) is 0 Å². The molecule has 1 N–H and O–H groups in total. The van der Waals surface area contributed by atoms with E-state index in [2.05, 4.69) is 22.0 Å². The van der Waals surface area contributed by atoms with E-state index in [0.29, 0.717) is 13.0 Å². The van der Waals surface area contributed by atoms with E-state index in [-0.39, 0.29) is 6.61 Å². The number of hydrogen-bond donors (Lipinski definition) is 1. The molecule has 3 nitrogen and oxygen atoms in total. The molecule has 0 saturated carbocycles. The zero-order chi connectivity index (χ0) is 12.5. The lowest BCUT2D eigenvalue weighted by Gasteiger charge is -2.37. The van der Waals surface area contributed by atoms with Crippen molar-refractivity contribution in [3.63, 3.8) is 0 Å². The first-order chi connectivity index (χ1) is 8.03. The second kappa shape index (κ2) is 4.41. The van der Waals surface area contributed by atoms with Gasteiger partial charge in [0.2, 0.25) is 0 Å². The molecule has 17 heavy (non-hydrogen) atoms. The van der Waals surface area contributed by atoms with Crippen LogP contribution in [0.2, 0.25) is 0 Å². The molecule has 0 spiro atoms. The molecular weight excluding hydrogens is 282 g/mol. The number of hydrogen-bond acceptors (Lipinski definition) is 3. The predicted molar refractivity (Wildman–Crippen MR) is 67.2 cm³/mol. The molecule has 1 fully saturated rings. The Morgan fingerprint density at radius 2 is 2.24 bits per heavy atom. The molecule has 1 aromatic rings. The summed E-state index contributed by atoms with van der Waals surface area (Å²) in [7, 11) is 0. The van der Waals surface area contributed by atoms with E-state index in [4.69, 9.17) is 4.74 Å². The molecular formula is C13H14BrNO2. The fourth-order valence-corrected chi connectivity index (χ4v) is 2.93. The van der Waals surface area contributed by atoms with E-state index in [9.17, 15) is 10.4 Å². The highest BCUT2D eigenvalue weighted by Crippen LogP contribution is 2.47. The minimum atomic E-state index is -1.22. The summed E-state index contributed by atoms with van der Waals surface area (Å²) in [5.41, 5.74) is -1.36. The summed E-state index contributed by atoms with van der Waals surface area (Å²) < 4.78 is 6.11. The zero-order valence-electron chi connectivity index (χ0n) is 9.61. The number of halogens is 1. The van der Waals surface area contributed by atoms with Crippen molar-refractivity contribution in [2.45, 2.75) is 18.9 Å². The van der Waals surface area contributed by atoms with Crippen LogP contribution in [0.3, 0.4) is 0 Å². The molecule has 1 aliphatic rings. The lowest BCUT2D eigenvalue weighted by molar-refractivity contribution is -0.0487. The summed E-state index contributed by atoms with van der Waals surface area (Å²) in [5, 5.41) is 20.2. The van der Waals surface area contributed by atoms with Crippen LogP contribution in [0.4, 0.5) is 0 Å². The van der Waals surface area contributed by atoms with Gasteiger partial charge in [0.05, 0.1) is 12.7 Å². The summed E-state index contributed by atoms with van der Waals surface area (Å²) in [6.45, 7) is 2.48. The quantitative estimate of drug-likeness (QED) is 0.912. The zero-order valence-corrected chi connectivity index (χ0v) is 11.2. The topological polar surface area (TPSA) is 53.2 Å². The Morgan fingerprint density at radius 3 is 2.76 bits per heavy atom. The molecule has 90 valence electrons. The van der Waals surface area contributed by atoms with Gasteiger partial charge in [0.1, 0.15) is 11.0 Å². The first-order valence-electron chi connectivity index (χ1n) is 5.50. The third-order valence-corrected chi connectivity index (χ3v) is 4.26. The van der Waals surface area contributed by atoms with Gasteiger partial charge in [-0.15, -0.1) is 0 Å². The highest BCUT2D eigenvalue weighted by molar-refractivity contribution is 9.10. The number of nitriles is 1. The third kappa shape index (κ3) is 1.89. The van der Waals surface area contributed by atoms with E-state index in [1.165, 1.54) is 0 Å². The standard InChI is InChI=1S/C13H14BrNO2/c1-12(16,10-4-2-3-5-11(10)14)13(8-15)6-7-17-9-13/h2-5,16H,6-7,9H2,1H3. The van der Waals surface area contributed by atoms with Crippen LogP contribution in [0, 0.1) is 16.7 Å². The number of aliphatic hydroxyl groups is 1. The van der Waals surface area contributed by atoms with Crippen molar-refractivity contribution in [2.24, 2.45) is 5.41 Å². The second-order valence-electron chi connectivity index (χ2n) is 4.55. The normalized spacial score (nSPS) is 27.4. The van der Waals surface area contributed by atoms with Crippen LogP contribution < -0.4 is 0 Å². The van der Waals surface area contributed by atoms with Crippen molar-refractivity contribution >= 4 is 15.9 Å². The van der Waals surface area contributed by atoms with E-state index in [1.807, 2.05) is 24.3 Å². The molecule has 0 radical (unpaired) electrons. The number of ether oxygens (including phenoxy) is 1. The van der Waals surface area contributed by atoms with Crippen LogP contribution in [-0.2, 0) is 10.3 Å². The lowest BCUT2D eigenvalue weighted by atomic mass is 9.70. The maximum atomic E-state index is 10.8. The number of benzene rings is 1. The smallest absolute Gasteiger partial charge is 0.115 e. The monoisotopic (exact) mass is 295 g/mol. The minimum Gasteiger partial charge on any atom is -0.384 e. The van der Waals surface area contributed by atoms with Crippen molar-refractivity contribution in [1.29, 1.82) is 5.26 Å². The van der Waals surface area contributed by atoms with Crippen molar-refractivity contribution in [3.8, 4) is 6.07 Å². The molecule has 1 saturated heterocycles. The van der Waals surface area contributed by atoms with Gasteiger partial charge in [-0.1, -0.05) is 34.1 Å². The van der Waals surface area contributed by atoms with Crippen LogP contribution in [0.5, 0.6) is 0 Å². The Labute approximate surface area is 109 Å². The Hall–Kier alpha value is -0.890. The van der Waals surface area contributed by atoms with Crippen LogP contribution in [0.25, 0.3) is 0 Å². The molecule has 1 aromatic carbocycles. The summed E-state index contributed by atoms with van der Waals surface area (Å²) in [4.78, 5) is 0. The van der Waals surface area contributed by atoms with Gasteiger partial charge in [-0.2, -0.15) is 5.26 Å². The molecule has 0 bridgehead atoms. The number of nitrogens with zero attached hydrogens (tertiary/aromatic N) is 1. The number of rotatable bonds is 2. The van der Waals surface area contributed by atoms with Crippen LogP contribution >= 0.6 is 15.9 Å². The molecule has 2 atom stereocenters. The van der Waals surface area contributed by atoms with Gasteiger partial charge < -0.3 is 9.84 Å². The predicted octanol–water partition coefficient (Wildman–Crippen LogP) is 2.59. The fraction of sp³-hybridized carbons (Fsp3) is 0.462. The maximum Gasteiger partial charge on any atom is 0.115 e. The van der Waals surface area contributed by atoms with Gasteiger partial charge >= 0.3 is 0 Å². The molecule has 1 heterocycles. The first kappa shape index (κ1) is 12.6. The molecule has 0 aliphatic carbocycles. The van der Waals surface area contributed by atoms with E-state index in [1.54, 1.807) is 6.92 Å². The van der Waals surface area contributed by atoms with E-state index >= 15 is 0 Å². The molecule has 4 heteroatoms. The second-order valence-corrected chi connectivity index (χ2v) is 5.40. The van der Waals surface area contributed by atoms with E-state index in [0.717, 1.165) is 10.0 Å². The van der Waals surface area contributed by atoms with Crippen molar-refractivity contribution in [3.05, 3.63) is 34.3 Å². The summed E-state index contributed by atoms with van der Waals surface area (Å²) in [5.74, 6) is 0. The van der Waals surface area contributed by atoms with Gasteiger partial charge in [-0.3, -0.25) is 0 Å². The van der Waals surface area contributed by atoms with Crippen LogP contribution in [0.1, 0.15) is 18.9 Å². The van der Waals surface area contributed by atoms with Crippen LogP contribution in [-0.4, -0.2) is 18.3 Å². The SMILES string of the molecule is CC(O)(c1ccccc1Br)C1(C#N)CCOC1. The summed E-state index contributed by atoms with van der Waals surface area (Å²) in [6, 6.07) is 9.69. The molecule has 1 aliphatic heterocycles. The van der Waals surface area contributed by atoms with Gasteiger partial charge in [-0.05, 0) is 25.0 Å². The maximum absolute atomic E-state index is 10.8. The largest absolute Gasteiger partial charge is 0.384 e. The first-order valence-corrected chi connectivity index (χ1v) is 6.29. The molecule has 2 rings (SSSR count). The Kier molecular flexibility index (Phi) is 3.26. The highest BCUT2D eigenvalue weighted by Gasteiger charge is 2.52. The lowest BCUT2D eigenvalue weighted by Crippen LogP contribution is -2.43. The summed E-state index contributed by atoms with van der Waals surface area (Å²) >= 11 is 3.42. The minimum absolute atomic E-state index is 0.276. The summed E-state index contributed by atoms with van der Waals surface area (Å²) in [6.07, 6.45) is 0.553.